The Labute approximate surface area is 150 Å². The number of rotatable bonds is 7. The highest BCUT2D eigenvalue weighted by Crippen LogP contribution is 2.10. The molecular weight excluding hydrogens is 366 g/mol. The number of hydrogen-bond acceptors (Lipinski definition) is 3. The lowest BCUT2D eigenvalue weighted by atomic mass is 10.1. The SMILES string of the molecule is N#C/C(=C/NCCc1ccc(Br)cc1)C(=O)NCc1ccccc1. The Hall–Kier alpha value is -2.58. The first kappa shape index (κ1) is 17.8. The molecule has 0 aliphatic rings. The Morgan fingerprint density at radius 2 is 1.79 bits per heavy atom. The maximum Gasteiger partial charge on any atom is 0.263 e. The lowest BCUT2D eigenvalue weighted by Crippen LogP contribution is -2.25. The van der Waals surface area contributed by atoms with Crippen LogP contribution in [0.4, 0.5) is 0 Å². The zero-order valence-corrected chi connectivity index (χ0v) is 14.7. The topological polar surface area (TPSA) is 64.9 Å². The third-order valence-corrected chi connectivity index (χ3v) is 3.91. The van der Waals surface area contributed by atoms with Crippen LogP contribution in [0.2, 0.25) is 0 Å². The van der Waals surface area contributed by atoms with Crippen molar-refractivity contribution in [2.45, 2.75) is 13.0 Å². The molecule has 0 aromatic heterocycles. The summed E-state index contributed by atoms with van der Waals surface area (Å²) in [5.41, 5.74) is 2.25. The number of carbonyl (C=O) groups is 1. The fourth-order valence-corrected chi connectivity index (χ4v) is 2.33. The van der Waals surface area contributed by atoms with Gasteiger partial charge in [0.05, 0.1) is 0 Å². The molecule has 2 aromatic carbocycles. The molecule has 0 heterocycles. The van der Waals surface area contributed by atoms with Gasteiger partial charge < -0.3 is 10.6 Å². The second-order valence-corrected chi connectivity index (χ2v) is 6.08. The fraction of sp³-hybridized carbons (Fsp3) is 0.158. The lowest BCUT2D eigenvalue weighted by Gasteiger charge is -2.05. The molecule has 0 radical (unpaired) electrons. The van der Waals surface area contributed by atoms with Crippen LogP contribution >= 0.6 is 15.9 Å². The number of halogens is 1. The third-order valence-electron chi connectivity index (χ3n) is 3.38. The van der Waals surface area contributed by atoms with E-state index < -0.39 is 0 Å². The number of nitriles is 1. The quantitative estimate of drug-likeness (QED) is 0.437. The number of nitrogens with one attached hydrogen (secondary N) is 2. The van der Waals surface area contributed by atoms with Crippen molar-refractivity contribution in [3.8, 4) is 6.07 Å². The van der Waals surface area contributed by atoms with Gasteiger partial charge in [-0.2, -0.15) is 5.26 Å². The summed E-state index contributed by atoms with van der Waals surface area (Å²) >= 11 is 3.40. The van der Waals surface area contributed by atoms with Crippen LogP contribution < -0.4 is 10.6 Å². The number of carbonyl (C=O) groups excluding carboxylic acids is 1. The highest BCUT2D eigenvalue weighted by molar-refractivity contribution is 9.10. The minimum Gasteiger partial charge on any atom is -0.389 e. The van der Waals surface area contributed by atoms with E-state index in [1.54, 1.807) is 0 Å². The van der Waals surface area contributed by atoms with Gasteiger partial charge in [0.25, 0.3) is 5.91 Å². The molecule has 2 aromatic rings. The molecule has 0 saturated carbocycles. The Balaban J connectivity index is 1.79. The molecule has 4 nitrogen and oxygen atoms in total. The van der Waals surface area contributed by atoms with Gasteiger partial charge in [-0.1, -0.05) is 58.4 Å². The molecule has 0 unspecified atom stereocenters. The van der Waals surface area contributed by atoms with Gasteiger partial charge in [0, 0.05) is 23.8 Å². The summed E-state index contributed by atoms with van der Waals surface area (Å²) in [5.74, 6) is -0.377. The highest BCUT2D eigenvalue weighted by atomic mass is 79.9. The lowest BCUT2D eigenvalue weighted by molar-refractivity contribution is -0.117. The van der Waals surface area contributed by atoms with Gasteiger partial charge in [-0.25, -0.2) is 0 Å². The largest absolute Gasteiger partial charge is 0.389 e. The molecule has 2 N–H and O–H groups in total. The Kier molecular flexibility index (Phi) is 7.06. The van der Waals surface area contributed by atoms with Crippen LogP contribution in [0.1, 0.15) is 11.1 Å². The van der Waals surface area contributed by atoms with E-state index in [4.69, 9.17) is 5.26 Å². The van der Waals surface area contributed by atoms with Crippen LogP contribution in [0, 0.1) is 11.3 Å². The summed E-state index contributed by atoms with van der Waals surface area (Å²) in [6, 6.07) is 19.6. The first-order valence-electron chi connectivity index (χ1n) is 7.59. The van der Waals surface area contributed by atoms with E-state index in [0.717, 1.165) is 16.5 Å². The third kappa shape index (κ3) is 5.90. The highest BCUT2D eigenvalue weighted by Gasteiger charge is 2.07. The molecule has 1 amide bonds. The van der Waals surface area contributed by atoms with Gasteiger partial charge in [0.15, 0.2) is 0 Å². The van der Waals surface area contributed by atoms with Crippen LogP contribution in [0.25, 0.3) is 0 Å². The average Bonchev–Trinajstić information content (AvgIpc) is 2.62. The summed E-state index contributed by atoms with van der Waals surface area (Å²) < 4.78 is 1.04. The molecule has 5 heteroatoms. The Bertz CT molecular complexity index is 733. The number of amides is 1. The molecule has 0 spiro atoms. The zero-order chi connectivity index (χ0) is 17.2. The van der Waals surface area contributed by atoms with E-state index in [1.807, 2.05) is 60.7 Å². The minimum atomic E-state index is -0.377. The van der Waals surface area contributed by atoms with Gasteiger partial charge in [0.2, 0.25) is 0 Å². The molecular formula is C19H18BrN3O. The van der Waals surface area contributed by atoms with Crippen molar-refractivity contribution in [1.29, 1.82) is 5.26 Å². The van der Waals surface area contributed by atoms with Crippen molar-refractivity contribution in [1.82, 2.24) is 10.6 Å². The predicted molar refractivity (Wildman–Crippen MR) is 97.8 cm³/mol. The number of nitrogens with zero attached hydrogens (tertiary/aromatic N) is 1. The molecule has 0 aliphatic heterocycles. The van der Waals surface area contributed by atoms with E-state index in [9.17, 15) is 4.79 Å². The first-order chi connectivity index (χ1) is 11.7. The molecule has 122 valence electrons. The van der Waals surface area contributed by atoms with Gasteiger partial charge in [-0.15, -0.1) is 0 Å². The fourth-order valence-electron chi connectivity index (χ4n) is 2.06. The zero-order valence-electron chi connectivity index (χ0n) is 13.1. The molecule has 0 fully saturated rings. The van der Waals surface area contributed by atoms with Crippen molar-refractivity contribution in [3.05, 3.63) is 82.0 Å². The monoisotopic (exact) mass is 383 g/mol. The maximum absolute atomic E-state index is 12.0. The second kappa shape index (κ2) is 9.53. The van der Waals surface area contributed by atoms with E-state index in [0.29, 0.717) is 13.1 Å². The number of benzene rings is 2. The van der Waals surface area contributed by atoms with Crippen molar-refractivity contribution in [2.75, 3.05) is 6.54 Å². The summed E-state index contributed by atoms with van der Waals surface area (Å²) in [6.45, 7) is 1.05. The molecule has 24 heavy (non-hydrogen) atoms. The molecule has 0 saturated heterocycles. The molecule has 0 aliphatic carbocycles. The smallest absolute Gasteiger partial charge is 0.263 e. The predicted octanol–water partition coefficient (Wildman–Crippen LogP) is 3.31. The number of hydrogen-bond donors (Lipinski definition) is 2. The molecule has 0 atom stereocenters. The average molecular weight is 384 g/mol. The van der Waals surface area contributed by atoms with Crippen molar-refractivity contribution < 1.29 is 4.79 Å². The van der Waals surface area contributed by atoms with Gasteiger partial charge in [-0.3, -0.25) is 4.79 Å². The van der Waals surface area contributed by atoms with Crippen LogP contribution in [0.5, 0.6) is 0 Å². The Morgan fingerprint density at radius 3 is 2.46 bits per heavy atom. The minimum absolute atomic E-state index is 0.0711. The first-order valence-corrected chi connectivity index (χ1v) is 8.38. The van der Waals surface area contributed by atoms with Crippen LogP contribution in [0.3, 0.4) is 0 Å². The standard InChI is InChI=1S/C19H18BrN3O/c20-18-8-6-15(7-9-18)10-11-22-14-17(12-21)19(24)23-13-16-4-2-1-3-5-16/h1-9,14,22H,10-11,13H2,(H,23,24)/b17-14-. The summed E-state index contributed by atoms with van der Waals surface area (Å²) in [4.78, 5) is 12.0. The second-order valence-electron chi connectivity index (χ2n) is 5.17. The van der Waals surface area contributed by atoms with E-state index in [2.05, 4.69) is 26.6 Å². The van der Waals surface area contributed by atoms with Gasteiger partial charge >= 0.3 is 0 Å². The van der Waals surface area contributed by atoms with Gasteiger partial charge in [0.1, 0.15) is 11.6 Å². The van der Waals surface area contributed by atoms with Crippen LogP contribution in [-0.4, -0.2) is 12.5 Å². The molecule has 2 rings (SSSR count). The van der Waals surface area contributed by atoms with Gasteiger partial charge in [-0.05, 0) is 29.7 Å². The van der Waals surface area contributed by atoms with Crippen LogP contribution in [-0.2, 0) is 17.8 Å². The summed E-state index contributed by atoms with van der Waals surface area (Å²) in [7, 11) is 0. The van der Waals surface area contributed by atoms with Crippen molar-refractivity contribution in [2.24, 2.45) is 0 Å². The van der Waals surface area contributed by atoms with Crippen molar-refractivity contribution >= 4 is 21.8 Å². The van der Waals surface area contributed by atoms with E-state index in [-0.39, 0.29) is 11.5 Å². The normalized spacial score (nSPS) is 10.8. The molecule has 0 bridgehead atoms. The van der Waals surface area contributed by atoms with E-state index >= 15 is 0 Å². The van der Waals surface area contributed by atoms with Crippen LogP contribution in [0.15, 0.2) is 70.8 Å². The summed E-state index contributed by atoms with van der Waals surface area (Å²) in [5, 5.41) is 14.9. The van der Waals surface area contributed by atoms with Crippen molar-refractivity contribution in [3.63, 3.8) is 0 Å². The summed E-state index contributed by atoms with van der Waals surface area (Å²) in [6.07, 6.45) is 2.29. The van der Waals surface area contributed by atoms with E-state index in [1.165, 1.54) is 11.8 Å². The maximum atomic E-state index is 12.0. The Morgan fingerprint density at radius 1 is 1.08 bits per heavy atom.